The van der Waals surface area contributed by atoms with Gasteiger partial charge in [0.15, 0.2) is 5.82 Å². The van der Waals surface area contributed by atoms with E-state index in [9.17, 15) is 13.6 Å². The van der Waals surface area contributed by atoms with E-state index in [1.807, 2.05) is 0 Å². The molecule has 1 heterocycles. The minimum atomic E-state index is -1.24. The van der Waals surface area contributed by atoms with Gasteiger partial charge in [0.05, 0.1) is 5.56 Å². The molecule has 2 unspecified atom stereocenters. The van der Waals surface area contributed by atoms with Crippen molar-refractivity contribution in [3.63, 3.8) is 0 Å². The van der Waals surface area contributed by atoms with E-state index < -0.39 is 17.7 Å². The molecule has 0 bridgehead atoms. The third kappa shape index (κ3) is 3.23. The highest BCUT2D eigenvalue weighted by atomic mass is 32.2. The Bertz CT molecular complexity index is 470. The van der Waals surface area contributed by atoms with E-state index in [0.29, 0.717) is 5.25 Å². The van der Waals surface area contributed by atoms with Gasteiger partial charge in [-0.15, -0.1) is 0 Å². The van der Waals surface area contributed by atoms with E-state index in [0.717, 1.165) is 31.2 Å². The van der Waals surface area contributed by atoms with Crippen molar-refractivity contribution in [3.05, 3.63) is 29.6 Å². The van der Waals surface area contributed by atoms with E-state index in [4.69, 9.17) is 0 Å². The summed E-state index contributed by atoms with van der Waals surface area (Å²) in [5.74, 6) is -2.00. The highest BCUT2D eigenvalue weighted by Crippen LogP contribution is 2.30. The zero-order chi connectivity index (χ0) is 13.8. The fraction of sp³-hybridized carbons (Fsp3) is 0.538. The van der Waals surface area contributed by atoms with Crippen molar-refractivity contribution in [3.8, 4) is 0 Å². The molecule has 0 saturated heterocycles. The average Bonchev–Trinajstić information content (AvgIpc) is 2.80. The summed E-state index contributed by atoms with van der Waals surface area (Å²) in [5.41, 5.74) is -0.278. The van der Waals surface area contributed by atoms with Gasteiger partial charge in [-0.1, -0.05) is 13.3 Å². The Balaban J connectivity index is 2.06. The van der Waals surface area contributed by atoms with Crippen LogP contribution >= 0.6 is 11.8 Å². The standard InChI is InChI=1S/C13H16F2N2OS/c1-2-19-10-5-3-4-9(10)17-13(18)8-6-7-16-12(15)11(8)14/h6-7,9-10H,2-5H2,1H3,(H,17,18). The normalized spacial score (nSPS) is 22.5. The first-order valence-corrected chi connectivity index (χ1v) is 7.40. The first-order chi connectivity index (χ1) is 9.13. The zero-order valence-electron chi connectivity index (χ0n) is 10.7. The van der Waals surface area contributed by atoms with Crippen LogP contribution in [0.1, 0.15) is 36.5 Å². The van der Waals surface area contributed by atoms with Crippen molar-refractivity contribution in [2.45, 2.75) is 37.5 Å². The Hall–Kier alpha value is -1.17. The number of carbonyl (C=O) groups is 1. The van der Waals surface area contributed by atoms with Crippen LogP contribution in [0.4, 0.5) is 8.78 Å². The molecular formula is C13H16F2N2OS. The number of hydrogen-bond donors (Lipinski definition) is 1. The molecule has 1 amide bonds. The van der Waals surface area contributed by atoms with E-state index >= 15 is 0 Å². The predicted octanol–water partition coefficient (Wildman–Crippen LogP) is 2.76. The maximum Gasteiger partial charge on any atom is 0.254 e. The maximum atomic E-state index is 13.5. The SMILES string of the molecule is CCSC1CCCC1NC(=O)c1ccnc(F)c1F. The Kier molecular flexibility index (Phi) is 4.74. The van der Waals surface area contributed by atoms with Gasteiger partial charge in [-0.05, 0) is 24.7 Å². The number of carbonyl (C=O) groups excluding carboxylic acids is 1. The molecule has 0 aliphatic heterocycles. The van der Waals surface area contributed by atoms with Crippen molar-refractivity contribution < 1.29 is 13.6 Å². The summed E-state index contributed by atoms with van der Waals surface area (Å²) in [4.78, 5) is 15.1. The minimum Gasteiger partial charge on any atom is -0.348 e. The highest BCUT2D eigenvalue weighted by molar-refractivity contribution is 7.99. The van der Waals surface area contributed by atoms with Crippen LogP contribution in [0.15, 0.2) is 12.3 Å². The molecular weight excluding hydrogens is 270 g/mol. The van der Waals surface area contributed by atoms with Gasteiger partial charge >= 0.3 is 0 Å². The lowest BCUT2D eigenvalue weighted by Gasteiger charge is -2.20. The Labute approximate surface area is 115 Å². The third-order valence-electron chi connectivity index (χ3n) is 3.24. The second-order valence-corrected chi connectivity index (χ2v) is 5.98. The Morgan fingerprint density at radius 1 is 1.53 bits per heavy atom. The largest absolute Gasteiger partial charge is 0.348 e. The molecule has 104 valence electrons. The fourth-order valence-electron chi connectivity index (χ4n) is 2.34. The van der Waals surface area contributed by atoms with Crippen LogP contribution in [-0.4, -0.2) is 27.9 Å². The Morgan fingerprint density at radius 2 is 2.32 bits per heavy atom. The number of nitrogens with one attached hydrogen (secondary N) is 1. The van der Waals surface area contributed by atoms with E-state index in [-0.39, 0.29) is 11.6 Å². The van der Waals surface area contributed by atoms with Crippen LogP contribution in [-0.2, 0) is 0 Å². The molecule has 1 N–H and O–H groups in total. The minimum absolute atomic E-state index is 0.0353. The third-order valence-corrected chi connectivity index (χ3v) is 4.57. The van der Waals surface area contributed by atoms with Crippen LogP contribution < -0.4 is 5.32 Å². The topological polar surface area (TPSA) is 42.0 Å². The summed E-state index contributed by atoms with van der Waals surface area (Å²) in [6.45, 7) is 2.07. The number of halogens is 2. The molecule has 0 radical (unpaired) electrons. The molecule has 1 aliphatic carbocycles. The van der Waals surface area contributed by atoms with Crippen molar-refractivity contribution >= 4 is 17.7 Å². The first kappa shape index (κ1) is 14.2. The quantitative estimate of drug-likeness (QED) is 0.865. The molecule has 1 aromatic rings. The molecule has 0 spiro atoms. The Morgan fingerprint density at radius 3 is 3.05 bits per heavy atom. The fourth-order valence-corrected chi connectivity index (χ4v) is 3.54. The molecule has 2 atom stereocenters. The van der Waals surface area contributed by atoms with Crippen LogP contribution in [0, 0.1) is 11.8 Å². The molecule has 6 heteroatoms. The smallest absolute Gasteiger partial charge is 0.254 e. The van der Waals surface area contributed by atoms with Gasteiger partial charge in [-0.3, -0.25) is 4.79 Å². The van der Waals surface area contributed by atoms with Crippen molar-refractivity contribution in [1.29, 1.82) is 0 Å². The van der Waals surface area contributed by atoms with Crippen LogP contribution in [0.3, 0.4) is 0 Å². The summed E-state index contributed by atoms with van der Waals surface area (Å²) in [5, 5.41) is 3.17. The summed E-state index contributed by atoms with van der Waals surface area (Å²) in [7, 11) is 0. The molecule has 1 fully saturated rings. The predicted molar refractivity (Wildman–Crippen MR) is 71.2 cm³/mol. The monoisotopic (exact) mass is 286 g/mol. The number of amides is 1. The van der Waals surface area contributed by atoms with Crippen LogP contribution in [0.5, 0.6) is 0 Å². The number of nitrogens with zero attached hydrogens (tertiary/aromatic N) is 1. The van der Waals surface area contributed by atoms with Gasteiger partial charge < -0.3 is 5.32 Å². The number of thioether (sulfide) groups is 1. The number of rotatable bonds is 4. The van der Waals surface area contributed by atoms with Crippen molar-refractivity contribution in [1.82, 2.24) is 10.3 Å². The molecule has 0 aromatic carbocycles. The number of hydrogen-bond acceptors (Lipinski definition) is 3. The molecule has 1 saturated carbocycles. The molecule has 19 heavy (non-hydrogen) atoms. The second-order valence-electron chi connectivity index (χ2n) is 4.47. The van der Waals surface area contributed by atoms with E-state index in [1.165, 1.54) is 6.07 Å². The van der Waals surface area contributed by atoms with E-state index in [2.05, 4.69) is 17.2 Å². The highest BCUT2D eigenvalue weighted by Gasteiger charge is 2.29. The van der Waals surface area contributed by atoms with Gasteiger partial charge in [-0.25, -0.2) is 9.37 Å². The number of pyridine rings is 1. The lowest BCUT2D eigenvalue weighted by molar-refractivity contribution is 0.0933. The van der Waals surface area contributed by atoms with Gasteiger partial charge in [0.2, 0.25) is 5.95 Å². The lowest BCUT2D eigenvalue weighted by atomic mass is 10.2. The lowest BCUT2D eigenvalue weighted by Crippen LogP contribution is -2.39. The second kappa shape index (κ2) is 6.32. The van der Waals surface area contributed by atoms with Crippen LogP contribution in [0.2, 0.25) is 0 Å². The molecule has 3 nitrogen and oxygen atoms in total. The summed E-state index contributed by atoms with van der Waals surface area (Å²) in [6.07, 6.45) is 4.09. The van der Waals surface area contributed by atoms with Crippen LogP contribution in [0.25, 0.3) is 0 Å². The van der Waals surface area contributed by atoms with E-state index in [1.54, 1.807) is 11.8 Å². The zero-order valence-corrected chi connectivity index (χ0v) is 11.5. The number of aromatic nitrogens is 1. The van der Waals surface area contributed by atoms with Gasteiger partial charge in [0.1, 0.15) is 0 Å². The molecule has 1 aromatic heterocycles. The van der Waals surface area contributed by atoms with Gasteiger partial charge in [0, 0.05) is 17.5 Å². The maximum absolute atomic E-state index is 13.5. The summed E-state index contributed by atoms with van der Waals surface area (Å²) >= 11 is 1.80. The average molecular weight is 286 g/mol. The molecule has 1 aliphatic rings. The summed E-state index contributed by atoms with van der Waals surface area (Å²) < 4.78 is 26.4. The summed E-state index contributed by atoms with van der Waals surface area (Å²) in [6, 6.07) is 1.23. The first-order valence-electron chi connectivity index (χ1n) is 6.36. The van der Waals surface area contributed by atoms with Gasteiger partial charge in [-0.2, -0.15) is 16.2 Å². The van der Waals surface area contributed by atoms with Crippen molar-refractivity contribution in [2.75, 3.05) is 5.75 Å². The van der Waals surface area contributed by atoms with Gasteiger partial charge in [0.25, 0.3) is 5.91 Å². The molecule has 2 rings (SSSR count). The van der Waals surface area contributed by atoms with Crippen molar-refractivity contribution in [2.24, 2.45) is 0 Å².